The van der Waals surface area contributed by atoms with Crippen LogP contribution in [0.5, 0.6) is 0 Å². The standard InChI is InChI=1S/C30H25Br2NO4/c1-2-3-8-17-37-28(36)18-13-15-19(16-14-18)33-26(34)24-25(27(33)35)30(32)21-10-5-4-9-20(21)29(24,31)22-11-6-7-12-23(22)30/h4-7,9-16,24-25H,2-3,8,17H2,1H3/t24-,25+,29?,30?. The molecule has 0 spiro atoms. The van der Waals surface area contributed by atoms with Crippen LogP contribution >= 0.6 is 31.9 Å². The molecule has 0 radical (unpaired) electrons. The van der Waals surface area contributed by atoms with Crippen LogP contribution in [0.15, 0.2) is 72.8 Å². The van der Waals surface area contributed by atoms with Gasteiger partial charge in [0.25, 0.3) is 0 Å². The Morgan fingerprint density at radius 1 is 0.784 bits per heavy atom. The number of carbonyl (C=O) groups is 3. The molecule has 1 saturated heterocycles. The summed E-state index contributed by atoms with van der Waals surface area (Å²) in [5, 5.41) is 0. The Balaban J connectivity index is 1.39. The largest absolute Gasteiger partial charge is 0.462 e. The highest BCUT2D eigenvalue weighted by Crippen LogP contribution is 2.70. The van der Waals surface area contributed by atoms with Crippen LogP contribution in [-0.4, -0.2) is 24.4 Å². The number of unbranched alkanes of at least 4 members (excludes halogenated alkanes) is 2. The summed E-state index contributed by atoms with van der Waals surface area (Å²) in [6.07, 6.45) is 2.88. The van der Waals surface area contributed by atoms with Gasteiger partial charge in [-0.25, -0.2) is 9.69 Å². The zero-order valence-electron chi connectivity index (χ0n) is 20.2. The molecule has 1 fully saturated rings. The van der Waals surface area contributed by atoms with Crippen molar-refractivity contribution in [3.05, 3.63) is 101 Å². The predicted octanol–water partition coefficient (Wildman–Crippen LogP) is 6.44. The Hall–Kier alpha value is -2.77. The summed E-state index contributed by atoms with van der Waals surface area (Å²) in [6.45, 7) is 2.47. The van der Waals surface area contributed by atoms with E-state index in [1.807, 2.05) is 48.5 Å². The number of alkyl halides is 2. The maximum atomic E-state index is 14.1. The van der Waals surface area contributed by atoms with E-state index in [-0.39, 0.29) is 11.8 Å². The van der Waals surface area contributed by atoms with Crippen LogP contribution in [0.1, 0.15) is 58.8 Å². The average Bonchev–Trinajstić information content (AvgIpc) is 3.20. The summed E-state index contributed by atoms with van der Waals surface area (Å²) in [4.78, 5) is 41.9. The molecule has 7 rings (SSSR count). The number of imide groups is 1. The summed E-state index contributed by atoms with van der Waals surface area (Å²) in [6, 6.07) is 22.6. The molecule has 188 valence electrons. The van der Waals surface area contributed by atoms with Gasteiger partial charge in [0.15, 0.2) is 0 Å². The number of anilines is 1. The summed E-state index contributed by atoms with van der Waals surface area (Å²) < 4.78 is 3.69. The summed E-state index contributed by atoms with van der Waals surface area (Å²) in [5.74, 6) is -2.18. The van der Waals surface area contributed by atoms with E-state index in [1.54, 1.807) is 24.3 Å². The Morgan fingerprint density at radius 2 is 1.24 bits per heavy atom. The van der Waals surface area contributed by atoms with Gasteiger partial charge in [-0.2, -0.15) is 0 Å². The lowest BCUT2D eigenvalue weighted by Crippen LogP contribution is -2.56. The Kier molecular flexibility index (Phi) is 5.92. The summed E-state index contributed by atoms with van der Waals surface area (Å²) in [5.41, 5.74) is 4.83. The lowest BCUT2D eigenvalue weighted by molar-refractivity contribution is -0.122. The number of hydrogen-bond acceptors (Lipinski definition) is 4. The fraction of sp³-hybridized carbons (Fsp3) is 0.300. The van der Waals surface area contributed by atoms with Crippen molar-refractivity contribution in [3.63, 3.8) is 0 Å². The van der Waals surface area contributed by atoms with Crippen LogP contribution in [0.2, 0.25) is 0 Å². The molecule has 7 heteroatoms. The molecule has 2 amide bonds. The van der Waals surface area contributed by atoms with E-state index in [0.29, 0.717) is 17.9 Å². The zero-order chi connectivity index (χ0) is 25.9. The highest BCUT2D eigenvalue weighted by atomic mass is 79.9. The van der Waals surface area contributed by atoms with Crippen molar-refractivity contribution in [2.45, 2.75) is 34.8 Å². The van der Waals surface area contributed by atoms with Crippen LogP contribution in [-0.2, 0) is 23.0 Å². The molecule has 3 aromatic carbocycles. The van der Waals surface area contributed by atoms with Crippen LogP contribution in [0.25, 0.3) is 0 Å². The van der Waals surface area contributed by atoms with E-state index < -0.39 is 26.5 Å². The second-order valence-electron chi connectivity index (χ2n) is 9.87. The molecular formula is C30H25Br2NO4. The van der Waals surface area contributed by atoms with E-state index in [0.717, 1.165) is 41.5 Å². The van der Waals surface area contributed by atoms with Gasteiger partial charge >= 0.3 is 5.97 Å². The summed E-state index contributed by atoms with van der Waals surface area (Å²) >= 11 is 8.03. The molecule has 0 N–H and O–H groups in total. The third-order valence-corrected chi connectivity index (χ3v) is 10.6. The maximum absolute atomic E-state index is 14.1. The lowest BCUT2D eigenvalue weighted by atomic mass is 9.54. The van der Waals surface area contributed by atoms with Gasteiger partial charge < -0.3 is 4.74 Å². The number of carbonyl (C=O) groups excluding carboxylic acids is 3. The predicted molar refractivity (Wildman–Crippen MR) is 148 cm³/mol. The molecule has 1 heterocycles. The Bertz CT molecular complexity index is 1310. The first-order valence-electron chi connectivity index (χ1n) is 12.6. The molecule has 0 unspecified atom stereocenters. The van der Waals surface area contributed by atoms with E-state index in [1.165, 1.54) is 4.90 Å². The molecule has 1 aliphatic heterocycles. The molecule has 0 aromatic heterocycles. The molecule has 3 aliphatic carbocycles. The van der Waals surface area contributed by atoms with Crippen LogP contribution in [0.3, 0.4) is 0 Å². The van der Waals surface area contributed by atoms with Gasteiger partial charge in [0, 0.05) is 0 Å². The van der Waals surface area contributed by atoms with Crippen molar-refractivity contribution in [3.8, 4) is 0 Å². The quantitative estimate of drug-likeness (QED) is 0.137. The number of nitrogens with zero attached hydrogens (tertiary/aromatic N) is 1. The molecule has 3 aromatic rings. The minimum Gasteiger partial charge on any atom is -0.462 e. The molecule has 2 bridgehead atoms. The first kappa shape index (κ1) is 24.6. The number of hydrogen-bond donors (Lipinski definition) is 0. The molecule has 0 saturated carbocycles. The minimum atomic E-state index is -0.829. The van der Waals surface area contributed by atoms with E-state index in [2.05, 4.69) is 38.8 Å². The van der Waals surface area contributed by atoms with Crippen molar-refractivity contribution in [1.29, 1.82) is 0 Å². The van der Waals surface area contributed by atoms with Crippen molar-refractivity contribution in [2.24, 2.45) is 11.8 Å². The number of amides is 2. The van der Waals surface area contributed by atoms with Gasteiger partial charge in [0.05, 0.1) is 38.3 Å². The highest BCUT2D eigenvalue weighted by Gasteiger charge is 2.72. The van der Waals surface area contributed by atoms with E-state index in [4.69, 9.17) is 4.74 Å². The second-order valence-corrected chi connectivity index (χ2v) is 12.4. The van der Waals surface area contributed by atoms with Crippen LogP contribution in [0.4, 0.5) is 5.69 Å². The third kappa shape index (κ3) is 3.29. The first-order chi connectivity index (χ1) is 17.8. The number of benzene rings is 3. The maximum Gasteiger partial charge on any atom is 0.338 e. The third-order valence-electron chi connectivity index (χ3n) is 7.93. The van der Waals surface area contributed by atoms with Crippen molar-refractivity contribution in [2.75, 3.05) is 11.5 Å². The normalized spacial score (nSPS) is 27.1. The molecule has 2 atom stereocenters. The van der Waals surface area contributed by atoms with Gasteiger partial charge in [0.2, 0.25) is 11.8 Å². The number of esters is 1. The summed E-state index contributed by atoms with van der Waals surface area (Å²) in [7, 11) is 0. The fourth-order valence-electron chi connectivity index (χ4n) is 6.27. The fourth-order valence-corrected chi connectivity index (χ4v) is 8.57. The van der Waals surface area contributed by atoms with Crippen LogP contribution < -0.4 is 4.90 Å². The Morgan fingerprint density at radius 3 is 1.68 bits per heavy atom. The van der Waals surface area contributed by atoms with Crippen molar-refractivity contribution >= 4 is 55.3 Å². The average molecular weight is 623 g/mol. The zero-order valence-corrected chi connectivity index (χ0v) is 23.4. The van der Waals surface area contributed by atoms with Gasteiger partial charge in [-0.3, -0.25) is 9.59 Å². The van der Waals surface area contributed by atoms with Gasteiger partial charge in [-0.15, -0.1) is 0 Å². The van der Waals surface area contributed by atoms with E-state index >= 15 is 0 Å². The van der Waals surface area contributed by atoms with Gasteiger partial charge in [-0.05, 0) is 52.9 Å². The lowest BCUT2D eigenvalue weighted by Gasteiger charge is -2.55. The van der Waals surface area contributed by atoms with E-state index in [9.17, 15) is 14.4 Å². The Labute approximate surface area is 232 Å². The number of ether oxygens (including phenoxy) is 1. The highest BCUT2D eigenvalue weighted by molar-refractivity contribution is 9.10. The van der Waals surface area contributed by atoms with Crippen molar-refractivity contribution < 1.29 is 19.1 Å². The molecule has 37 heavy (non-hydrogen) atoms. The molecule has 4 aliphatic rings. The SMILES string of the molecule is CCCCCOC(=O)c1ccc(N2C(=O)[C@@H]3[C@H](C2=O)C2(Br)c4ccccc4C3(Br)c3ccccc32)cc1. The molecule has 5 nitrogen and oxygen atoms in total. The minimum absolute atomic E-state index is 0.255. The first-order valence-corrected chi connectivity index (χ1v) is 14.2. The van der Waals surface area contributed by atoms with Crippen LogP contribution in [0, 0.1) is 11.8 Å². The van der Waals surface area contributed by atoms with Gasteiger partial charge in [-0.1, -0.05) is 100 Å². The van der Waals surface area contributed by atoms with Gasteiger partial charge in [0.1, 0.15) is 0 Å². The number of rotatable bonds is 6. The smallest absolute Gasteiger partial charge is 0.338 e. The topological polar surface area (TPSA) is 63.7 Å². The van der Waals surface area contributed by atoms with Crippen molar-refractivity contribution in [1.82, 2.24) is 0 Å². The molecular weight excluding hydrogens is 598 g/mol. The monoisotopic (exact) mass is 621 g/mol. The second kappa shape index (κ2) is 8.91. The number of halogens is 2.